The molecule has 1 aliphatic rings. The molecule has 0 aliphatic carbocycles. The van der Waals surface area contributed by atoms with E-state index in [4.69, 9.17) is 32.7 Å². The van der Waals surface area contributed by atoms with Crippen molar-refractivity contribution in [2.75, 3.05) is 39.5 Å². The van der Waals surface area contributed by atoms with Crippen LogP contribution in [0.5, 0.6) is 5.75 Å². The van der Waals surface area contributed by atoms with Gasteiger partial charge in [0.05, 0.1) is 36.3 Å². The van der Waals surface area contributed by atoms with Crippen molar-refractivity contribution in [3.05, 3.63) is 28.2 Å². The van der Waals surface area contributed by atoms with Gasteiger partial charge in [-0.3, -0.25) is 0 Å². The number of halogens is 2. The standard InChI is InChI=1S/C17H25Cl2NO2/c1-13-10-14(2)12-20(11-13)6-7-21-8-9-22-17-15(18)4-3-5-16(17)19/h3-5,13-14H,6-12H2,1-2H3/p+1/t13-,14-/m1/s1. The highest BCUT2D eigenvalue weighted by molar-refractivity contribution is 6.37. The van der Waals surface area contributed by atoms with Crippen LogP contribution < -0.4 is 9.64 Å². The summed E-state index contributed by atoms with van der Waals surface area (Å²) in [5.74, 6) is 2.19. The second kappa shape index (κ2) is 8.97. The van der Waals surface area contributed by atoms with Crippen LogP contribution in [0.25, 0.3) is 0 Å². The van der Waals surface area contributed by atoms with Crippen LogP contribution in [0.15, 0.2) is 18.2 Å². The topological polar surface area (TPSA) is 22.9 Å². The summed E-state index contributed by atoms with van der Waals surface area (Å²) >= 11 is 12.1. The number of hydrogen-bond acceptors (Lipinski definition) is 2. The number of rotatable bonds is 7. The van der Waals surface area contributed by atoms with Gasteiger partial charge < -0.3 is 14.4 Å². The van der Waals surface area contributed by atoms with Gasteiger partial charge in [0.25, 0.3) is 0 Å². The third-order valence-electron chi connectivity index (χ3n) is 4.07. The summed E-state index contributed by atoms with van der Waals surface area (Å²) in [5.41, 5.74) is 0. The van der Waals surface area contributed by atoms with Crippen molar-refractivity contribution in [3.63, 3.8) is 0 Å². The summed E-state index contributed by atoms with van der Waals surface area (Å²) in [6, 6.07) is 5.34. The fourth-order valence-corrected chi connectivity index (χ4v) is 3.77. The molecule has 1 N–H and O–H groups in total. The predicted molar refractivity (Wildman–Crippen MR) is 91.3 cm³/mol. The first-order chi connectivity index (χ1) is 10.6. The monoisotopic (exact) mass is 346 g/mol. The number of hydrogen-bond donors (Lipinski definition) is 1. The maximum absolute atomic E-state index is 6.04. The molecular formula is C17H26Cl2NO2+. The number of quaternary nitrogens is 1. The van der Waals surface area contributed by atoms with E-state index < -0.39 is 0 Å². The highest BCUT2D eigenvalue weighted by atomic mass is 35.5. The second-order valence-electron chi connectivity index (χ2n) is 6.37. The molecule has 1 heterocycles. The molecule has 0 radical (unpaired) electrons. The highest BCUT2D eigenvalue weighted by Crippen LogP contribution is 2.32. The lowest BCUT2D eigenvalue weighted by Crippen LogP contribution is -3.14. The van der Waals surface area contributed by atoms with Gasteiger partial charge in [-0.05, 0) is 18.6 Å². The van der Waals surface area contributed by atoms with Gasteiger partial charge in [-0.25, -0.2) is 0 Å². The van der Waals surface area contributed by atoms with Gasteiger partial charge in [-0.15, -0.1) is 0 Å². The van der Waals surface area contributed by atoms with Gasteiger partial charge in [0, 0.05) is 11.8 Å². The van der Waals surface area contributed by atoms with Crippen molar-refractivity contribution in [1.29, 1.82) is 0 Å². The van der Waals surface area contributed by atoms with Crippen LogP contribution >= 0.6 is 23.2 Å². The van der Waals surface area contributed by atoms with E-state index >= 15 is 0 Å². The summed E-state index contributed by atoms with van der Waals surface area (Å²) in [5, 5.41) is 1.07. The largest absolute Gasteiger partial charge is 0.488 e. The Labute approximate surface area is 143 Å². The molecule has 0 bridgehead atoms. The lowest BCUT2D eigenvalue weighted by atomic mass is 9.92. The summed E-state index contributed by atoms with van der Waals surface area (Å²) in [6.45, 7) is 10.1. The molecule has 0 unspecified atom stereocenters. The number of piperidine rings is 1. The minimum Gasteiger partial charge on any atom is -0.488 e. The van der Waals surface area contributed by atoms with Gasteiger partial charge in [-0.2, -0.15) is 0 Å². The van der Waals surface area contributed by atoms with E-state index in [0.717, 1.165) is 25.0 Å². The lowest BCUT2D eigenvalue weighted by molar-refractivity contribution is -0.912. The molecule has 5 heteroatoms. The van der Waals surface area contributed by atoms with Crippen LogP contribution in [0, 0.1) is 11.8 Å². The SMILES string of the molecule is C[C@@H]1C[C@@H](C)C[NH+](CCOCCOc2c(Cl)cccc2Cl)C1. The number of benzene rings is 1. The molecule has 3 nitrogen and oxygen atoms in total. The Hall–Kier alpha value is -0.480. The Balaban J connectivity index is 1.60. The summed E-state index contributed by atoms with van der Waals surface area (Å²) in [4.78, 5) is 1.65. The van der Waals surface area contributed by atoms with E-state index in [1.807, 2.05) is 0 Å². The van der Waals surface area contributed by atoms with Crippen LogP contribution in [0.2, 0.25) is 10.0 Å². The maximum Gasteiger partial charge on any atom is 0.156 e. The first-order valence-electron chi connectivity index (χ1n) is 8.04. The van der Waals surface area contributed by atoms with E-state index in [9.17, 15) is 0 Å². The molecule has 1 aromatic carbocycles. The number of likely N-dealkylation sites (tertiary alicyclic amines) is 1. The van der Waals surface area contributed by atoms with Crippen molar-refractivity contribution in [1.82, 2.24) is 0 Å². The molecule has 2 atom stereocenters. The quantitative estimate of drug-likeness (QED) is 0.767. The molecule has 124 valence electrons. The Morgan fingerprint density at radius 3 is 2.32 bits per heavy atom. The molecule has 1 saturated heterocycles. The highest BCUT2D eigenvalue weighted by Gasteiger charge is 2.24. The van der Waals surface area contributed by atoms with Crippen molar-refractivity contribution >= 4 is 23.2 Å². The Kier molecular flexibility index (Phi) is 7.29. The summed E-state index contributed by atoms with van der Waals surface area (Å²) < 4.78 is 11.3. The first kappa shape index (κ1) is 17.9. The minimum absolute atomic E-state index is 0.464. The normalized spacial score (nSPS) is 25.2. The lowest BCUT2D eigenvalue weighted by Gasteiger charge is -2.31. The Morgan fingerprint density at radius 1 is 1.05 bits per heavy atom. The molecule has 1 aromatic rings. The van der Waals surface area contributed by atoms with Crippen LogP contribution in [-0.2, 0) is 4.74 Å². The fourth-order valence-electron chi connectivity index (χ4n) is 3.27. The average Bonchev–Trinajstić information content (AvgIpc) is 2.44. The third kappa shape index (κ3) is 5.62. The van der Waals surface area contributed by atoms with Crippen LogP contribution in [0.3, 0.4) is 0 Å². The zero-order chi connectivity index (χ0) is 15.9. The number of ether oxygens (including phenoxy) is 2. The van der Waals surface area contributed by atoms with Crippen molar-refractivity contribution in [2.24, 2.45) is 11.8 Å². The molecular weight excluding hydrogens is 321 g/mol. The van der Waals surface area contributed by atoms with E-state index in [0.29, 0.717) is 29.0 Å². The predicted octanol–water partition coefficient (Wildman–Crippen LogP) is 2.95. The molecule has 0 saturated carbocycles. The molecule has 2 rings (SSSR count). The second-order valence-corrected chi connectivity index (χ2v) is 7.18. The Bertz CT molecular complexity index is 440. The van der Waals surface area contributed by atoms with Crippen molar-refractivity contribution < 1.29 is 14.4 Å². The van der Waals surface area contributed by atoms with Crippen LogP contribution in [-0.4, -0.2) is 39.5 Å². The average molecular weight is 347 g/mol. The molecule has 22 heavy (non-hydrogen) atoms. The summed E-state index contributed by atoms with van der Waals surface area (Å²) in [6.07, 6.45) is 1.36. The van der Waals surface area contributed by atoms with Crippen molar-refractivity contribution in [2.45, 2.75) is 20.3 Å². The molecule has 0 aromatic heterocycles. The smallest absolute Gasteiger partial charge is 0.156 e. The summed E-state index contributed by atoms with van der Waals surface area (Å²) in [7, 11) is 0. The minimum atomic E-state index is 0.464. The van der Waals surface area contributed by atoms with Gasteiger partial charge in [-0.1, -0.05) is 43.1 Å². The third-order valence-corrected chi connectivity index (χ3v) is 4.67. The van der Waals surface area contributed by atoms with Crippen LogP contribution in [0.1, 0.15) is 20.3 Å². The van der Waals surface area contributed by atoms with Gasteiger partial charge in [0.2, 0.25) is 0 Å². The number of para-hydroxylation sites is 1. The zero-order valence-corrected chi connectivity index (χ0v) is 14.9. The number of nitrogens with one attached hydrogen (secondary N) is 1. The van der Waals surface area contributed by atoms with E-state index in [-0.39, 0.29) is 0 Å². The molecule has 1 aliphatic heterocycles. The molecule has 0 amide bonds. The van der Waals surface area contributed by atoms with Crippen LogP contribution in [0.4, 0.5) is 0 Å². The van der Waals surface area contributed by atoms with E-state index in [1.165, 1.54) is 19.5 Å². The van der Waals surface area contributed by atoms with E-state index in [2.05, 4.69) is 13.8 Å². The Morgan fingerprint density at radius 2 is 1.68 bits per heavy atom. The zero-order valence-electron chi connectivity index (χ0n) is 13.4. The fraction of sp³-hybridized carbons (Fsp3) is 0.647. The maximum atomic E-state index is 6.04. The molecule has 1 fully saturated rings. The first-order valence-corrected chi connectivity index (χ1v) is 8.80. The van der Waals surface area contributed by atoms with Gasteiger partial charge >= 0.3 is 0 Å². The molecule has 0 spiro atoms. The van der Waals surface area contributed by atoms with Gasteiger partial charge in [0.15, 0.2) is 5.75 Å². The van der Waals surface area contributed by atoms with E-state index in [1.54, 1.807) is 23.1 Å². The van der Waals surface area contributed by atoms with Crippen molar-refractivity contribution in [3.8, 4) is 5.75 Å². The van der Waals surface area contributed by atoms with Gasteiger partial charge in [0.1, 0.15) is 13.2 Å².